The summed E-state index contributed by atoms with van der Waals surface area (Å²) in [5.74, 6) is -0.657. The van der Waals surface area contributed by atoms with E-state index in [-0.39, 0.29) is 22.7 Å². The number of anilines is 2. The van der Waals surface area contributed by atoms with E-state index in [1.807, 2.05) is 0 Å². The first-order valence-electron chi connectivity index (χ1n) is 11.1. The number of hydrogen-bond donors (Lipinski definition) is 1. The van der Waals surface area contributed by atoms with Crippen LogP contribution in [0.5, 0.6) is 0 Å². The van der Waals surface area contributed by atoms with Crippen molar-refractivity contribution >= 4 is 48.3 Å². The first-order chi connectivity index (χ1) is 16.9. The Morgan fingerprint density at radius 2 is 1.89 bits per heavy atom. The first-order valence-corrected chi connectivity index (χ1v) is 13.4. The van der Waals surface area contributed by atoms with Gasteiger partial charge < -0.3 is 4.74 Å². The molecule has 1 aliphatic heterocycles. The molecule has 1 saturated heterocycles. The van der Waals surface area contributed by atoms with Gasteiger partial charge in [0.2, 0.25) is 0 Å². The zero-order chi connectivity index (χ0) is 24.4. The SMILES string of the molecule is O=C(c1ccc(NS(=O)(=O)c2ccccc2)cc1)N(CC1CCCO1)c1nc2ccc(F)cc2s1. The smallest absolute Gasteiger partial charge is 0.261 e. The van der Waals surface area contributed by atoms with Crippen LogP contribution in [-0.2, 0) is 14.8 Å². The molecule has 5 rings (SSSR count). The number of ether oxygens (including phenoxy) is 1. The Hall–Kier alpha value is -3.34. The summed E-state index contributed by atoms with van der Waals surface area (Å²) in [6.45, 7) is 0.970. The van der Waals surface area contributed by atoms with E-state index in [0.29, 0.717) is 39.8 Å². The standard InChI is InChI=1S/C25H22FN3O4S2/c26-18-10-13-22-23(15-18)34-25(27-22)29(16-20-5-4-14-33-20)24(30)17-8-11-19(12-9-17)28-35(31,32)21-6-2-1-3-7-21/h1-3,6-13,15,20,28H,4-5,14,16H2. The average molecular weight is 512 g/mol. The van der Waals surface area contributed by atoms with Crippen molar-refractivity contribution in [1.82, 2.24) is 4.98 Å². The number of carbonyl (C=O) groups excluding carboxylic acids is 1. The Bertz CT molecular complexity index is 1450. The van der Waals surface area contributed by atoms with Gasteiger partial charge in [-0.2, -0.15) is 0 Å². The molecule has 1 fully saturated rings. The molecule has 0 bridgehead atoms. The summed E-state index contributed by atoms with van der Waals surface area (Å²) >= 11 is 1.24. The fourth-order valence-corrected chi connectivity index (χ4v) is 5.97. The van der Waals surface area contributed by atoms with Crippen molar-refractivity contribution in [3.05, 3.63) is 84.2 Å². The number of hydrogen-bond acceptors (Lipinski definition) is 6. The minimum absolute atomic E-state index is 0.111. The van der Waals surface area contributed by atoms with Crippen LogP contribution in [-0.4, -0.2) is 38.6 Å². The highest BCUT2D eigenvalue weighted by Gasteiger charge is 2.27. The summed E-state index contributed by atoms with van der Waals surface area (Å²) in [7, 11) is -3.74. The molecular weight excluding hydrogens is 489 g/mol. The van der Waals surface area contributed by atoms with Gasteiger partial charge in [0, 0.05) is 17.9 Å². The van der Waals surface area contributed by atoms with Crippen LogP contribution >= 0.6 is 11.3 Å². The molecule has 3 aromatic carbocycles. The molecule has 180 valence electrons. The largest absolute Gasteiger partial charge is 0.376 e. The molecule has 2 heterocycles. The van der Waals surface area contributed by atoms with Crippen LogP contribution in [0.25, 0.3) is 10.2 Å². The van der Waals surface area contributed by atoms with Crippen molar-refractivity contribution in [1.29, 1.82) is 0 Å². The maximum absolute atomic E-state index is 13.7. The number of sulfonamides is 1. The lowest BCUT2D eigenvalue weighted by Crippen LogP contribution is -2.37. The lowest BCUT2D eigenvalue weighted by Gasteiger charge is -2.23. The number of rotatable bonds is 7. The summed E-state index contributed by atoms with van der Waals surface area (Å²) in [6.07, 6.45) is 1.65. The molecule has 7 nitrogen and oxygen atoms in total. The number of nitrogens with zero attached hydrogens (tertiary/aromatic N) is 2. The van der Waals surface area contributed by atoms with Crippen LogP contribution in [0, 0.1) is 5.82 Å². The Balaban J connectivity index is 1.40. The first kappa shape index (κ1) is 23.4. The number of halogens is 1. The number of carbonyl (C=O) groups is 1. The molecule has 10 heteroatoms. The summed E-state index contributed by atoms with van der Waals surface area (Å²) < 4.78 is 47.8. The van der Waals surface area contributed by atoms with Crippen LogP contribution in [0.3, 0.4) is 0 Å². The number of thiazole rings is 1. The highest BCUT2D eigenvalue weighted by molar-refractivity contribution is 7.92. The summed E-state index contributed by atoms with van der Waals surface area (Å²) in [5.41, 5.74) is 1.32. The average Bonchev–Trinajstić information content (AvgIpc) is 3.52. The quantitative estimate of drug-likeness (QED) is 0.375. The molecule has 1 N–H and O–H groups in total. The molecule has 35 heavy (non-hydrogen) atoms. The second-order valence-corrected chi connectivity index (χ2v) is 10.8. The fraction of sp³-hybridized carbons (Fsp3) is 0.200. The van der Waals surface area contributed by atoms with E-state index in [4.69, 9.17) is 4.74 Å². The number of benzene rings is 3. The molecular formula is C25H22FN3O4S2. The van der Waals surface area contributed by atoms with Gasteiger partial charge in [0.1, 0.15) is 5.82 Å². The maximum atomic E-state index is 13.7. The normalized spacial score (nSPS) is 15.9. The minimum atomic E-state index is -3.74. The molecule has 1 atom stereocenters. The maximum Gasteiger partial charge on any atom is 0.261 e. The van der Waals surface area contributed by atoms with E-state index in [0.717, 1.165) is 12.8 Å². The van der Waals surface area contributed by atoms with Crippen molar-refractivity contribution in [3.63, 3.8) is 0 Å². The second kappa shape index (κ2) is 9.73. The van der Waals surface area contributed by atoms with Crippen LogP contribution in [0.15, 0.2) is 77.7 Å². The number of amides is 1. The van der Waals surface area contributed by atoms with Crippen molar-refractivity contribution in [3.8, 4) is 0 Å². The van der Waals surface area contributed by atoms with Gasteiger partial charge in [-0.15, -0.1) is 0 Å². The van der Waals surface area contributed by atoms with Gasteiger partial charge >= 0.3 is 0 Å². The van der Waals surface area contributed by atoms with Gasteiger partial charge in [0.05, 0.1) is 27.8 Å². The van der Waals surface area contributed by atoms with Crippen molar-refractivity contribution in [2.45, 2.75) is 23.8 Å². The molecule has 0 radical (unpaired) electrons. The predicted octanol–water partition coefficient (Wildman–Crippen LogP) is 5.06. The topological polar surface area (TPSA) is 88.6 Å². The lowest BCUT2D eigenvalue weighted by atomic mass is 10.1. The summed E-state index contributed by atoms with van der Waals surface area (Å²) in [5, 5.41) is 0.458. The fourth-order valence-electron chi connectivity index (χ4n) is 3.89. The van der Waals surface area contributed by atoms with Crippen LogP contribution in [0.4, 0.5) is 15.2 Å². The molecule has 0 saturated carbocycles. The van der Waals surface area contributed by atoms with Crippen LogP contribution in [0.2, 0.25) is 0 Å². The van der Waals surface area contributed by atoms with Crippen molar-refractivity contribution in [2.75, 3.05) is 22.8 Å². The van der Waals surface area contributed by atoms with E-state index in [2.05, 4.69) is 9.71 Å². The predicted molar refractivity (Wildman–Crippen MR) is 134 cm³/mol. The van der Waals surface area contributed by atoms with Crippen LogP contribution < -0.4 is 9.62 Å². The van der Waals surface area contributed by atoms with Gasteiger partial charge in [-0.25, -0.2) is 17.8 Å². The number of aromatic nitrogens is 1. The van der Waals surface area contributed by atoms with Gasteiger partial charge in [-0.1, -0.05) is 29.5 Å². The van der Waals surface area contributed by atoms with E-state index in [1.54, 1.807) is 53.4 Å². The molecule has 4 aromatic rings. The van der Waals surface area contributed by atoms with E-state index in [1.165, 1.54) is 35.6 Å². The Labute approximate surface area is 206 Å². The molecule has 1 amide bonds. The molecule has 1 aromatic heterocycles. The highest BCUT2D eigenvalue weighted by Crippen LogP contribution is 2.31. The Kier molecular flexibility index (Phi) is 6.50. The van der Waals surface area contributed by atoms with Crippen molar-refractivity contribution in [2.24, 2.45) is 0 Å². The molecule has 1 aliphatic rings. The van der Waals surface area contributed by atoms with E-state index in [9.17, 15) is 17.6 Å². The van der Waals surface area contributed by atoms with Gasteiger partial charge in [0.15, 0.2) is 5.13 Å². The Morgan fingerprint density at radius 1 is 1.11 bits per heavy atom. The van der Waals surface area contributed by atoms with Gasteiger partial charge in [-0.3, -0.25) is 14.4 Å². The monoisotopic (exact) mass is 511 g/mol. The molecule has 0 aliphatic carbocycles. The highest BCUT2D eigenvalue weighted by atomic mass is 32.2. The third-order valence-corrected chi connectivity index (χ3v) is 8.10. The Morgan fingerprint density at radius 3 is 2.60 bits per heavy atom. The van der Waals surface area contributed by atoms with Crippen LogP contribution in [0.1, 0.15) is 23.2 Å². The third-order valence-electron chi connectivity index (χ3n) is 5.66. The van der Waals surface area contributed by atoms with Gasteiger partial charge in [0.25, 0.3) is 15.9 Å². The van der Waals surface area contributed by atoms with Gasteiger partial charge in [-0.05, 0) is 67.4 Å². The number of nitrogens with one attached hydrogen (secondary N) is 1. The zero-order valence-corrected chi connectivity index (χ0v) is 20.2. The minimum Gasteiger partial charge on any atom is -0.376 e. The summed E-state index contributed by atoms with van der Waals surface area (Å²) in [4.78, 5) is 19.8. The van der Waals surface area contributed by atoms with E-state index >= 15 is 0 Å². The zero-order valence-electron chi connectivity index (χ0n) is 18.6. The van der Waals surface area contributed by atoms with E-state index < -0.39 is 10.0 Å². The lowest BCUT2D eigenvalue weighted by molar-refractivity contribution is 0.0917. The molecule has 1 unspecified atom stereocenters. The second-order valence-electron chi connectivity index (χ2n) is 8.16. The summed E-state index contributed by atoms with van der Waals surface area (Å²) in [6, 6.07) is 18.6. The number of fused-ring (bicyclic) bond motifs is 1. The third kappa shape index (κ3) is 5.19. The molecule has 0 spiro atoms. The van der Waals surface area contributed by atoms with Crippen molar-refractivity contribution < 1.29 is 22.3 Å².